The molecular formula is C17H23F2N3O2. The highest BCUT2D eigenvalue weighted by molar-refractivity contribution is 5.94. The summed E-state index contributed by atoms with van der Waals surface area (Å²) in [5.74, 6) is -2.79. The summed E-state index contributed by atoms with van der Waals surface area (Å²) in [5.41, 5.74) is 1.50. The molecular weight excluding hydrogens is 316 g/mol. The summed E-state index contributed by atoms with van der Waals surface area (Å²) in [6.45, 7) is 2.43. The Morgan fingerprint density at radius 1 is 1.38 bits per heavy atom. The highest BCUT2D eigenvalue weighted by atomic mass is 19.3. The first-order valence-electron chi connectivity index (χ1n) is 8.35. The number of amides is 1. The second kappa shape index (κ2) is 6.72. The number of aryl methyl sites for hydroxylation is 1. The van der Waals surface area contributed by atoms with E-state index in [9.17, 15) is 18.7 Å². The molecule has 0 bridgehead atoms. The van der Waals surface area contributed by atoms with Crippen LogP contribution in [0.3, 0.4) is 0 Å². The van der Waals surface area contributed by atoms with Crippen molar-refractivity contribution in [2.45, 2.75) is 44.2 Å². The number of likely N-dealkylation sites (tertiary alicyclic amines) is 2. The van der Waals surface area contributed by atoms with Crippen molar-refractivity contribution in [3.63, 3.8) is 0 Å². The van der Waals surface area contributed by atoms with Gasteiger partial charge in [-0.1, -0.05) is 0 Å². The zero-order valence-electron chi connectivity index (χ0n) is 13.8. The molecule has 2 aliphatic rings. The fourth-order valence-corrected chi connectivity index (χ4v) is 3.77. The van der Waals surface area contributed by atoms with E-state index in [1.54, 1.807) is 22.2 Å². The third kappa shape index (κ3) is 3.57. The molecule has 3 rings (SSSR count). The molecule has 0 aliphatic carbocycles. The van der Waals surface area contributed by atoms with Gasteiger partial charge >= 0.3 is 0 Å². The molecule has 132 valence electrons. The Morgan fingerprint density at radius 3 is 2.71 bits per heavy atom. The van der Waals surface area contributed by atoms with Gasteiger partial charge in [0, 0.05) is 44.0 Å². The highest BCUT2D eigenvalue weighted by Gasteiger charge is 2.47. The number of rotatable bonds is 3. The zero-order chi connectivity index (χ0) is 17.3. The standard InChI is InChI=1S/C17H23F2N3O2/c1-12-6-13(9-20-8-12)16(24)21-4-2-14(3-5-21)22-11-17(18,19)7-15(22)10-23/h6,8-9,14-15,23H,2-5,7,10-11H2,1H3/t15-/m0/s1. The number of carbonyl (C=O) groups is 1. The van der Waals surface area contributed by atoms with Gasteiger partial charge in [-0.15, -0.1) is 0 Å². The lowest BCUT2D eigenvalue weighted by molar-refractivity contribution is 0.00296. The van der Waals surface area contributed by atoms with Crippen LogP contribution in [-0.2, 0) is 0 Å². The number of halogens is 2. The van der Waals surface area contributed by atoms with Gasteiger partial charge < -0.3 is 10.0 Å². The molecule has 5 nitrogen and oxygen atoms in total. The van der Waals surface area contributed by atoms with Crippen LogP contribution in [-0.4, -0.2) is 70.0 Å². The largest absolute Gasteiger partial charge is 0.395 e. The molecule has 0 saturated carbocycles. The number of hydrogen-bond donors (Lipinski definition) is 1. The van der Waals surface area contributed by atoms with Crippen molar-refractivity contribution in [3.05, 3.63) is 29.6 Å². The summed E-state index contributed by atoms with van der Waals surface area (Å²) in [6, 6.07) is 1.33. The van der Waals surface area contributed by atoms with Gasteiger partial charge in [-0.3, -0.25) is 14.7 Å². The fraction of sp³-hybridized carbons (Fsp3) is 0.647. The van der Waals surface area contributed by atoms with Gasteiger partial charge in [0.1, 0.15) is 0 Å². The lowest BCUT2D eigenvalue weighted by atomic mass is 10.0. The zero-order valence-corrected chi connectivity index (χ0v) is 13.8. The number of alkyl halides is 2. The van der Waals surface area contributed by atoms with E-state index in [2.05, 4.69) is 4.98 Å². The van der Waals surface area contributed by atoms with Crippen LogP contribution >= 0.6 is 0 Å². The van der Waals surface area contributed by atoms with Crippen LogP contribution in [0.4, 0.5) is 8.78 Å². The Kier molecular flexibility index (Phi) is 4.83. The Labute approximate surface area is 140 Å². The van der Waals surface area contributed by atoms with E-state index in [0.29, 0.717) is 31.5 Å². The van der Waals surface area contributed by atoms with Crippen LogP contribution in [0.2, 0.25) is 0 Å². The summed E-state index contributed by atoms with van der Waals surface area (Å²) in [7, 11) is 0. The van der Waals surface area contributed by atoms with Crippen molar-refractivity contribution in [1.82, 2.24) is 14.8 Å². The number of aliphatic hydroxyl groups is 1. The molecule has 3 heterocycles. The smallest absolute Gasteiger partial charge is 0.262 e. The van der Waals surface area contributed by atoms with Crippen molar-refractivity contribution in [1.29, 1.82) is 0 Å². The molecule has 1 aromatic rings. The molecule has 2 saturated heterocycles. The Morgan fingerprint density at radius 2 is 2.08 bits per heavy atom. The molecule has 0 radical (unpaired) electrons. The average molecular weight is 339 g/mol. The van der Waals surface area contributed by atoms with Gasteiger partial charge in [-0.2, -0.15) is 0 Å². The van der Waals surface area contributed by atoms with Crippen molar-refractivity contribution in [2.75, 3.05) is 26.2 Å². The van der Waals surface area contributed by atoms with Crippen LogP contribution in [0.5, 0.6) is 0 Å². The molecule has 0 unspecified atom stereocenters. The predicted octanol–water partition coefficient (Wildman–Crippen LogP) is 1.70. The number of aliphatic hydroxyl groups excluding tert-OH is 1. The van der Waals surface area contributed by atoms with E-state index in [4.69, 9.17) is 0 Å². The van der Waals surface area contributed by atoms with Gasteiger partial charge in [-0.05, 0) is 31.4 Å². The number of piperidine rings is 1. The van der Waals surface area contributed by atoms with Crippen LogP contribution < -0.4 is 0 Å². The number of hydrogen-bond acceptors (Lipinski definition) is 4. The van der Waals surface area contributed by atoms with Crippen molar-refractivity contribution >= 4 is 5.91 Å². The van der Waals surface area contributed by atoms with E-state index in [0.717, 1.165) is 5.56 Å². The van der Waals surface area contributed by atoms with Crippen LogP contribution in [0, 0.1) is 6.92 Å². The summed E-state index contributed by atoms with van der Waals surface area (Å²) < 4.78 is 27.3. The maximum absolute atomic E-state index is 13.6. The van der Waals surface area contributed by atoms with Crippen LogP contribution in [0.25, 0.3) is 0 Å². The Bertz CT molecular complexity index is 603. The minimum Gasteiger partial charge on any atom is -0.395 e. The first kappa shape index (κ1) is 17.2. The molecule has 1 atom stereocenters. The molecule has 0 spiro atoms. The fourth-order valence-electron chi connectivity index (χ4n) is 3.77. The second-order valence-corrected chi connectivity index (χ2v) is 6.84. The number of carbonyl (C=O) groups excluding carboxylic acids is 1. The van der Waals surface area contributed by atoms with E-state index in [1.807, 2.05) is 13.0 Å². The van der Waals surface area contributed by atoms with Gasteiger partial charge in [0.15, 0.2) is 0 Å². The van der Waals surface area contributed by atoms with Gasteiger partial charge in [0.05, 0.1) is 18.7 Å². The Balaban J connectivity index is 1.61. The van der Waals surface area contributed by atoms with E-state index in [-0.39, 0.29) is 31.5 Å². The van der Waals surface area contributed by atoms with Crippen molar-refractivity contribution < 1.29 is 18.7 Å². The molecule has 7 heteroatoms. The van der Waals surface area contributed by atoms with E-state index < -0.39 is 12.0 Å². The second-order valence-electron chi connectivity index (χ2n) is 6.84. The highest BCUT2D eigenvalue weighted by Crippen LogP contribution is 2.35. The van der Waals surface area contributed by atoms with Gasteiger partial charge in [0.2, 0.25) is 0 Å². The van der Waals surface area contributed by atoms with Crippen LogP contribution in [0.15, 0.2) is 18.5 Å². The quantitative estimate of drug-likeness (QED) is 0.911. The minimum absolute atomic E-state index is 0.00444. The van der Waals surface area contributed by atoms with Gasteiger partial charge in [0.25, 0.3) is 11.8 Å². The predicted molar refractivity (Wildman–Crippen MR) is 85.0 cm³/mol. The molecule has 2 aliphatic heterocycles. The van der Waals surface area contributed by atoms with Gasteiger partial charge in [-0.25, -0.2) is 8.78 Å². The van der Waals surface area contributed by atoms with Crippen molar-refractivity contribution in [3.8, 4) is 0 Å². The number of nitrogens with zero attached hydrogens (tertiary/aromatic N) is 3. The monoisotopic (exact) mass is 339 g/mol. The summed E-state index contributed by atoms with van der Waals surface area (Å²) >= 11 is 0. The number of aromatic nitrogens is 1. The summed E-state index contributed by atoms with van der Waals surface area (Å²) in [5, 5.41) is 9.37. The number of pyridine rings is 1. The summed E-state index contributed by atoms with van der Waals surface area (Å²) in [4.78, 5) is 20.1. The lowest BCUT2D eigenvalue weighted by Gasteiger charge is -2.38. The molecule has 24 heavy (non-hydrogen) atoms. The third-order valence-corrected chi connectivity index (χ3v) is 4.97. The Hall–Kier alpha value is -1.60. The molecule has 1 amide bonds. The van der Waals surface area contributed by atoms with E-state index in [1.165, 1.54) is 0 Å². The topological polar surface area (TPSA) is 56.7 Å². The van der Waals surface area contributed by atoms with Crippen molar-refractivity contribution in [2.24, 2.45) is 0 Å². The maximum atomic E-state index is 13.6. The average Bonchev–Trinajstić information content (AvgIpc) is 2.89. The van der Waals surface area contributed by atoms with Crippen LogP contribution in [0.1, 0.15) is 35.2 Å². The first-order valence-corrected chi connectivity index (χ1v) is 8.35. The lowest BCUT2D eigenvalue weighted by Crippen LogP contribution is -2.49. The molecule has 2 fully saturated rings. The van der Waals surface area contributed by atoms with E-state index >= 15 is 0 Å². The molecule has 0 aromatic carbocycles. The maximum Gasteiger partial charge on any atom is 0.262 e. The SMILES string of the molecule is Cc1cncc(C(=O)N2CCC(N3CC(F)(F)C[C@H]3CO)CC2)c1. The minimum atomic E-state index is -2.73. The molecule has 1 N–H and O–H groups in total. The molecule has 1 aromatic heterocycles. The first-order chi connectivity index (χ1) is 11.4. The normalized spacial score (nSPS) is 25.2. The third-order valence-electron chi connectivity index (χ3n) is 4.97. The summed E-state index contributed by atoms with van der Waals surface area (Å²) in [6.07, 6.45) is 4.28.